The summed E-state index contributed by atoms with van der Waals surface area (Å²) in [6.45, 7) is 3.42. The van der Waals surface area contributed by atoms with E-state index in [2.05, 4.69) is 0 Å². The molecule has 0 aliphatic carbocycles. The maximum atomic E-state index is 13.1. The van der Waals surface area contributed by atoms with Gasteiger partial charge in [0.15, 0.2) is 5.78 Å². The van der Waals surface area contributed by atoms with Gasteiger partial charge in [-0.3, -0.25) is 9.59 Å². The fourth-order valence-electron chi connectivity index (χ4n) is 3.30. The molecule has 0 bridgehead atoms. The van der Waals surface area contributed by atoms with Crippen LogP contribution in [0.4, 0.5) is 0 Å². The Kier molecular flexibility index (Phi) is 4.01. The zero-order chi connectivity index (χ0) is 18.5. The Balaban J connectivity index is 2.44. The SMILES string of the molecule is Cc1cc(CN)c2c(c1)S(=O)(=O)c1cc(C)cc(CC(=O)O)c1C2=O. The van der Waals surface area contributed by atoms with Crippen molar-refractivity contribution in [2.24, 2.45) is 5.73 Å². The molecule has 6 nitrogen and oxygen atoms in total. The number of hydrogen-bond donors (Lipinski definition) is 2. The molecule has 2 aromatic carbocycles. The van der Waals surface area contributed by atoms with Crippen molar-refractivity contribution in [2.75, 3.05) is 0 Å². The molecule has 1 heterocycles. The largest absolute Gasteiger partial charge is 0.481 e. The molecule has 3 rings (SSSR count). The molecule has 3 N–H and O–H groups in total. The summed E-state index contributed by atoms with van der Waals surface area (Å²) in [5, 5.41) is 9.13. The van der Waals surface area contributed by atoms with Crippen LogP contribution >= 0.6 is 0 Å². The van der Waals surface area contributed by atoms with Crippen molar-refractivity contribution in [1.29, 1.82) is 0 Å². The number of rotatable bonds is 3. The van der Waals surface area contributed by atoms with E-state index in [4.69, 9.17) is 10.8 Å². The second kappa shape index (κ2) is 5.79. The smallest absolute Gasteiger partial charge is 0.307 e. The highest BCUT2D eigenvalue weighted by Gasteiger charge is 2.38. The number of nitrogens with two attached hydrogens (primary N) is 1. The number of carbonyl (C=O) groups is 2. The summed E-state index contributed by atoms with van der Waals surface area (Å²) in [6.07, 6.45) is -0.426. The van der Waals surface area contributed by atoms with Crippen molar-refractivity contribution in [2.45, 2.75) is 36.6 Å². The topological polar surface area (TPSA) is 115 Å². The average Bonchev–Trinajstić information content (AvgIpc) is 2.51. The monoisotopic (exact) mass is 359 g/mol. The maximum Gasteiger partial charge on any atom is 0.307 e. The first-order valence-corrected chi connectivity index (χ1v) is 9.13. The zero-order valence-corrected chi connectivity index (χ0v) is 14.6. The molecule has 0 saturated carbocycles. The van der Waals surface area contributed by atoms with Crippen molar-refractivity contribution in [1.82, 2.24) is 0 Å². The van der Waals surface area contributed by atoms with Gasteiger partial charge in [0.2, 0.25) is 9.84 Å². The van der Waals surface area contributed by atoms with Gasteiger partial charge in [-0.05, 0) is 48.2 Å². The highest BCUT2D eigenvalue weighted by Crippen LogP contribution is 2.39. The number of carboxylic acids is 1. The number of aryl methyl sites for hydroxylation is 2. The van der Waals surface area contributed by atoms with Crippen molar-refractivity contribution >= 4 is 21.6 Å². The minimum absolute atomic E-state index is 0.0146. The molecule has 0 amide bonds. The summed E-state index contributed by atoms with van der Waals surface area (Å²) >= 11 is 0. The molecule has 0 atom stereocenters. The standard InChI is InChI=1S/C18H17NO5S/c1-9-3-11(7-15(20)21)16-13(5-9)25(23,24)14-6-10(2)4-12(8-19)17(14)18(16)22/h3-6H,7-8,19H2,1-2H3,(H,20,21). The minimum Gasteiger partial charge on any atom is -0.481 e. The molecule has 1 aliphatic heterocycles. The molecule has 1 aliphatic rings. The summed E-state index contributed by atoms with van der Waals surface area (Å²) in [7, 11) is -3.94. The molecule has 0 unspecified atom stereocenters. The molecule has 0 saturated heterocycles. The Hall–Kier alpha value is -2.51. The van der Waals surface area contributed by atoms with Crippen LogP contribution in [0.2, 0.25) is 0 Å². The van der Waals surface area contributed by atoms with E-state index in [1.54, 1.807) is 26.0 Å². The number of aliphatic carboxylic acids is 1. The lowest BCUT2D eigenvalue weighted by Crippen LogP contribution is -2.25. The zero-order valence-electron chi connectivity index (χ0n) is 13.8. The number of benzene rings is 2. The molecular formula is C18H17NO5S. The van der Waals surface area contributed by atoms with Gasteiger partial charge in [-0.2, -0.15) is 0 Å². The fraction of sp³-hybridized carbons (Fsp3) is 0.222. The molecule has 0 radical (unpaired) electrons. The van der Waals surface area contributed by atoms with Gasteiger partial charge in [-0.25, -0.2) is 8.42 Å². The Bertz CT molecular complexity index is 1040. The maximum absolute atomic E-state index is 13.1. The summed E-state index contributed by atoms with van der Waals surface area (Å²) in [4.78, 5) is 24.1. The Morgan fingerprint density at radius 1 is 1.00 bits per heavy atom. The van der Waals surface area contributed by atoms with Crippen LogP contribution in [0.15, 0.2) is 34.1 Å². The number of hydrogen-bond acceptors (Lipinski definition) is 5. The van der Waals surface area contributed by atoms with Crippen LogP contribution in [0.3, 0.4) is 0 Å². The summed E-state index contributed by atoms with van der Waals surface area (Å²) in [6, 6.07) is 6.11. The first-order valence-electron chi connectivity index (χ1n) is 7.65. The van der Waals surface area contributed by atoms with Gasteiger partial charge in [0, 0.05) is 17.7 Å². The van der Waals surface area contributed by atoms with Crippen molar-refractivity contribution in [3.8, 4) is 0 Å². The Morgan fingerprint density at radius 3 is 1.96 bits per heavy atom. The van der Waals surface area contributed by atoms with Crippen LogP contribution in [0.5, 0.6) is 0 Å². The third-order valence-electron chi connectivity index (χ3n) is 4.25. The lowest BCUT2D eigenvalue weighted by molar-refractivity contribution is -0.136. The highest BCUT2D eigenvalue weighted by molar-refractivity contribution is 7.91. The van der Waals surface area contributed by atoms with Gasteiger partial charge < -0.3 is 10.8 Å². The third kappa shape index (κ3) is 2.65. The second-order valence-corrected chi connectivity index (χ2v) is 8.09. The van der Waals surface area contributed by atoms with Crippen LogP contribution < -0.4 is 5.73 Å². The van der Waals surface area contributed by atoms with E-state index in [0.29, 0.717) is 16.7 Å². The molecule has 0 fully saturated rings. The molecule has 2 aromatic rings. The molecular weight excluding hydrogens is 342 g/mol. The first-order chi connectivity index (χ1) is 11.7. The molecule has 0 aromatic heterocycles. The molecule has 7 heteroatoms. The van der Waals surface area contributed by atoms with Crippen molar-refractivity contribution in [3.05, 3.63) is 57.6 Å². The van der Waals surface area contributed by atoms with Gasteiger partial charge in [-0.1, -0.05) is 12.1 Å². The second-order valence-electron chi connectivity index (χ2n) is 6.20. The van der Waals surface area contributed by atoms with Crippen LogP contribution in [-0.4, -0.2) is 25.3 Å². The van der Waals surface area contributed by atoms with Gasteiger partial charge in [0.05, 0.1) is 16.2 Å². The van der Waals surface area contributed by atoms with E-state index >= 15 is 0 Å². The number of ketones is 1. The fourth-order valence-corrected chi connectivity index (χ4v) is 5.20. The van der Waals surface area contributed by atoms with Gasteiger partial charge in [-0.15, -0.1) is 0 Å². The number of carbonyl (C=O) groups excluding carboxylic acids is 1. The lowest BCUT2D eigenvalue weighted by Gasteiger charge is -2.24. The van der Waals surface area contributed by atoms with E-state index in [1.807, 2.05) is 0 Å². The van der Waals surface area contributed by atoms with Crippen molar-refractivity contribution in [3.63, 3.8) is 0 Å². The molecule has 0 spiro atoms. The van der Waals surface area contributed by atoms with E-state index < -0.39 is 28.0 Å². The average molecular weight is 359 g/mol. The molecule has 25 heavy (non-hydrogen) atoms. The van der Waals surface area contributed by atoms with E-state index in [1.165, 1.54) is 12.1 Å². The quantitative estimate of drug-likeness (QED) is 0.736. The van der Waals surface area contributed by atoms with E-state index in [9.17, 15) is 18.0 Å². The summed E-state index contributed by atoms with van der Waals surface area (Å²) in [5.41, 5.74) is 7.63. The minimum atomic E-state index is -3.94. The third-order valence-corrected chi connectivity index (χ3v) is 6.05. The normalized spacial score (nSPS) is 14.8. The summed E-state index contributed by atoms with van der Waals surface area (Å²) < 4.78 is 26.2. The number of fused-ring (bicyclic) bond motifs is 2. The predicted molar refractivity (Wildman–Crippen MR) is 90.5 cm³/mol. The van der Waals surface area contributed by atoms with Crippen LogP contribution in [0.1, 0.15) is 38.2 Å². The summed E-state index contributed by atoms with van der Waals surface area (Å²) in [5.74, 6) is -1.62. The number of carboxylic acid groups (broad SMARTS) is 1. The Labute approximate surface area is 145 Å². The van der Waals surface area contributed by atoms with Crippen molar-refractivity contribution < 1.29 is 23.1 Å². The van der Waals surface area contributed by atoms with Crippen LogP contribution in [0.25, 0.3) is 0 Å². The Morgan fingerprint density at radius 2 is 1.48 bits per heavy atom. The van der Waals surface area contributed by atoms with Crippen LogP contribution in [0, 0.1) is 13.8 Å². The molecule has 130 valence electrons. The first kappa shape index (κ1) is 17.3. The van der Waals surface area contributed by atoms with E-state index in [-0.39, 0.29) is 33.0 Å². The number of sulfone groups is 1. The highest BCUT2D eigenvalue weighted by atomic mass is 32.2. The van der Waals surface area contributed by atoms with E-state index in [0.717, 1.165) is 0 Å². The van der Waals surface area contributed by atoms with Gasteiger partial charge in [0.25, 0.3) is 0 Å². The van der Waals surface area contributed by atoms with Gasteiger partial charge in [0.1, 0.15) is 0 Å². The predicted octanol–water partition coefficient (Wildman–Crippen LogP) is 1.77. The van der Waals surface area contributed by atoms with Crippen LogP contribution in [-0.2, 0) is 27.6 Å². The van der Waals surface area contributed by atoms with Gasteiger partial charge >= 0.3 is 5.97 Å². The lowest BCUT2D eigenvalue weighted by atomic mass is 9.91.